The molecule has 10 nitrogen and oxygen atoms in total. The van der Waals surface area contributed by atoms with Gasteiger partial charge in [0.15, 0.2) is 6.10 Å². The second kappa shape index (κ2) is 13.4. The van der Waals surface area contributed by atoms with Gasteiger partial charge in [-0.2, -0.15) is 0 Å². The third kappa shape index (κ3) is 7.51. The van der Waals surface area contributed by atoms with E-state index in [0.29, 0.717) is 29.4 Å². The highest BCUT2D eigenvalue weighted by atomic mass is 16.5. The molecule has 264 valence electrons. The first-order chi connectivity index (χ1) is 23.5. The molecule has 1 atom stereocenters. The SMILES string of the molecule is Cc1nc(C(C)(C)O)c(-c2ccc3c(c2)CCN(c2nccc(-c4cccnc4)n2)C3)c(N2CCC(C)(C)CC2)c1C(OC(C)(C)C)C(=O)O. The fraction of sp³-hybridized carbons (Fsp3) is 0.475. The summed E-state index contributed by atoms with van der Waals surface area (Å²) < 4.78 is 6.29. The molecule has 0 amide bonds. The van der Waals surface area contributed by atoms with E-state index >= 15 is 0 Å². The minimum absolute atomic E-state index is 0.172. The van der Waals surface area contributed by atoms with E-state index in [9.17, 15) is 15.0 Å². The zero-order chi connectivity index (χ0) is 36.0. The van der Waals surface area contributed by atoms with Crippen molar-refractivity contribution in [1.82, 2.24) is 19.9 Å². The molecule has 6 rings (SSSR count). The van der Waals surface area contributed by atoms with Crippen molar-refractivity contribution in [2.24, 2.45) is 5.41 Å². The molecule has 1 fully saturated rings. The lowest BCUT2D eigenvalue weighted by atomic mass is 9.81. The number of piperidine rings is 1. The van der Waals surface area contributed by atoms with E-state index in [1.54, 1.807) is 32.4 Å². The highest BCUT2D eigenvalue weighted by molar-refractivity contribution is 5.88. The summed E-state index contributed by atoms with van der Waals surface area (Å²) >= 11 is 0. The van der Waals surface area contributed by atoms with E-state index in [1.807, 2.05) is 45.9 Å². The number of pyridine rings is 2. The molecule has 10 heteroatoms. The molecule has 0 aliphatic carbocycles. The van der Waals surface area contributed by atoms with Gasteiger partial charge >= 0.3 is 5.97 Å². The van der Waals surface area contributed by atoms with Gasteiger partial charge in [0.1, 0.15) is 5.60 Å². The summed E-state index contributed by atoms with van der Waals surface area (Å²) in [5, 5.41) is 22.3. The summed E-state index contributed by atoms with van der Waals surface area (Å²) in [4.78, 5) is 36.2. The predicted octanol–water partition coefficient (Wildman–Crippen LogP) is 7.27. The van der Waals surface area contributed by atoms with Gasteiger partial charge in [0, 0.05) is 67.2 Å². The molecule has 1 unspecified atom stereocenters. The highest BCUT2D eigenvalue weighted by Gasteiger charge is 2.39. The Morgan fingerprint density at radius 2 is 1.68 bits per heavy atom. The third-order valence-electron chi connectivity index (χ3n) is 9.76. The maximum Gasteiger partial charge on any atom is 0.337 e. The van der Waals surface area contributed by atoms with Crippen molar-refractivity contribution in [3.63, 3.8) is 0 Å². The molecular formula is C40H50N6O4. The summed E-state index contributed by atoms with van der Waals surface area (Å²) in [7, 11) is 0. The van der Waals surface area contributed by atoms with Gasteiger partial charge in [-0.3, -0.25) is 9.97 Å². The second-order valence-corrected chi connectivity index (χ2v) is 16.0. The summed E-state index contributed by atoms with van der Waals surface area (Å²) in [6.45, 7) is 18.4. The van der Waals surface area contributed by atoms with Crippen LogP contribution in [0, 0.1) is 12.3 Å². The van der Waals surface area contributed by atoms with E-state index in [2.05, 4.69) is 51.8 Å². The molecule has 0 radical (unpaired) electrons. The third-order valence-corrected chi connectivity index (χ3v) is 9.76. The topological polar surface area (TPSA) is 125 Å². The van der Waals surface area contributed by atoms with Crippen LogP contribution in [0.15, 0.2) is 55.0 Å². The molecule has 2 aliphatic rings. The number of fused-ring (bicyclic) bond motifs is 1. The lowest BCUT2D eigenvalue weighted by molar-refractivity contribution is -0.160. The second-order valence-electron chi connectivity index (χ2n) is 16.0. The smallest absolute Gasteiger partial charge is 0.337 e. The molecular weight excluding hydrogens is 628 g/mol. The van der Waals surface area contributed by atoms with Gasteiger partial charge in [-0.1, -0.05) is 32.0 Å². The number of aromatic nitrogens is 4. The van der Waals surface area contributed by atoms with Gasteiger partial charge in [-0.25, -0.2) is 14.8 Å². The maximum absolute atomic E-state index is 13.0. The molecule has 50 heavy (non-hydrogen) atoms. The van der Waals surface area contributed by atoms with Crippen molar-refractivity contribution in [2.75, 3.05) is 29.4 Å². The molecule has 4 aromatic rings. The van der Waals surface area contributed by atoms with Crippen LogP contribution in [-0.4, -0.2) is 61.4 Å². The molecule has 1 saturated heterocycles. The van der Waals surface area contributed by atoms with Gasteiger partial charge in [0.2, 0.25) is 5.95 Å². The van der Waals surface area contributed by atoms with Crippen LogP contribution in [0.2, 0.25) is 0 Å². The fourth-order valence-electron chi connectivity index (χ4n) is 7.04. The Balaban J connectivity index is 1.46. The number of hydrogen-bond donors (Lipinski definition) is 2. The van der Waals surface area contributed by atoms with Crippen LogP contribution in [0.3, 0.4) is 0 Å². The Kier molecular flexibility index (Phi) is 9.47. The van der Waals surface area contributed by atoms with Crippen molar-refractivity contribution in [3.05, 3.63) is 83.1 Å². The van der Waals surface area contributed by atoms with E-state index in [0.717, 1.165) is 67.0 Å². The maximum atomic E-state index is 13.0. The first-order valence-electron chi connectivity index (χ1n) is 17.5. The molecule has 0 saturated carbocycles. The molecule has 2 aliphatic heterocycles. The number of carboxylic acid groups (broad SMARTS) is 1. The van der Waals surface area contributed by atoms with Gasteiger partial charge in [0.05, 0.1) is 22.7 Å². The summed E-state index contributed by atoms with van der Waals surface area (Å²) in [6, 6.07) is 12.2. The largest absolute Gasteiger partial charge is 0.479 e. The Labute approximate surface area is 295 Å². The van der Waals surface area contributed by atoms with Crippen LogP contribution in [0.1, 0.15) is 95.5 Å². The number of rotatable bonds is 8. The average Bonchev–Trinajstić information content (AvgIpc) is 3.06. The first kappa shape index (κ1) is 35.4. The van der Waals surface area contributed by atoms with Crippen molar-refractivity contribution in [1.29, 1.82) is 0 Å². The molecule has 5 heterocycles. The summed E-state index contributed by atoms with van der Waals surface area (Å²) in [6.07, 6.45) is 6.78. The highest BCUT2D eigenvalue weighted by Crippen LogP contribution is 2.47. The lowest BCUT2D eigenvalue weighted by Gasteiger charge is -2.42. The zero-order valence-corrected chi connectivity index (χ0v) is 30.6. The number of anilines is 2. The number of aryl methyl sites for hydroxylation is 1. The van der Waals surface area contributed by atoms with Crippen molar-refractivity contribution in [2.45, 2.75) is 98.5 Å². The number of aliphatic hydroxyl groups is 1. The monoisotopic (exact) mass is 678 g/mol. The number of nitrogens with zero attached hydrogens (tertiary/aromatic N) is 6. The molecule has 0 bridgehead atoms. The molecule has 3 aromatic heterocycles. The lowest BCUT2D eigenvalue weighted by Crippen LogP contribution is -2.40. The Hall–Kier alpha value is -4.41. The number of benzene rings is 1. The van der Waals surface area contributed by atoms with Crippen LogP contribution in [-0.2, 0) is 28.1 Å². The van der Waals surface area contributed by atoms with Crippen LogP contribution in [0.4, 0.5) is 11.6 Å². The van der Waals surface area contributed by atoms with E-state index in [1.165, 1.54) is 11.1 Å². The minimum atomic E-state index is -1.30. The number of carbonyl (C=O) groups is 1. The zero-order valence-electron chi connectivity index (χ0n) is 30.6. The van der Waals surface area contributed by atoms with Crippen molar-refractivity contribution < 1.29 is 19.7 Å². The van der Waals surface area contributed by atoms with Gasteiger partial charge < -0.3 is 24.7 Å². The van der Waals surface area contributed by atoms with Crippen LogP contribution >= 0.6 is 0 Å². The molecule has 1 aromatic carbocycles. The van der Waals surface area contributed by atoms with E-state index < -0.39 is 23.3 Å². The van der Waals surface area contributed by atoms with Gasteiger partial charge in [0.25, 0.3) is 0 Å². The molecule has 0 spiro atoms. The van der Waals surface area contributed by atoms with Crippen LogP contribution in [0.25, 0.3) is 22.4 Å². The predicted molar refractivity (Wildman–Crippen MR) is 196 cm³/mol. The van der Waals surface area contributed by atoms with E-state index in [-0.39, 0.29) is 5.41 Å². The minimum Gasteiger partial charge on any atom is -0.479 e. The first-order valence-corrected chi connectivity index (χ1v) is 17.5. The standard InChI is InChI=1S/C40H50N6O4/c1-25-31(34(36(47)48)50-38(2,3)4)33(45-20-15-39(5,6)16-21-45)32(35(43-25)40(7,8)49)27-11-12-29-24-46(19-14-26(29)22-27)37-42-18-13-30(44-37)28-10-9-17-41-23-28/h9-13,17-18,22-23,34,49H,14-16,19-21,24H2,1-8H3,(H,47,48). The summed E-state index contributed by atoms with van der Waals surface area (Å²) in [5.74, 6) is -0.391. The van der Waals surface area contributed by atoms with E-state index in [4.69, 9.17) is 14.7 Å². The Bertz CT molecular complexity index is 1870. The van der Waals surface area contributed by atoms with Gasteiger partial charge in [-0.05, 0) is 101 Å². The van der Waals surface area contributed by atoms with Crippen LogP contribution in [0.5, 0.6) is 0 Å². The van der Waals surface area contributed by atoms with Crippen LogP contribution < -0.4 is 9.80 Å². The number of ether oxygens (including phenoxy) is 1. The fourth-order valence-corrected chi connectivity index (χ4v) is 7.04. The summed E-state index contributed by atoms with van der Waals surface area (Å²) in [5.41, 5.74) is 6.36. The normalized spacial score (nSPS) is 17.0. The number of carboxylic acids is 1. The molecule has 2 N–H and O–H groups in total. The number of hydrogen-bond acceptors (Lipinski definition) is 9. The quantitative estimate of drug-likeness (QED) is 0.197. The van der Waals surface area contributed by atoms with Gasteiger partial charge in [-0.15, -0.1) is 0 Å². The Morgan fingerprint density at radius 1 is 0.940 bits per heavy atom. The average molecular weight is 679 g/mol. The number of aliphatic carboxylic acids is 1. The Morgan fingerprint density at radius 3 is 2.32 bits per heavy atom. The van der Waals surface area contributed by atoms with Crippen molar-refractivity contribution >= 4 is 17.6 Å². The van der Waals surface area contributed by atoms with Crippen molar-refractivity contribution in [3.8, 4) is 22.4 Å².